The minimum Gasteiger partial charge on any atom is -0.465 e. The van der Waals surface area contributed by atoms with Crippen molar-refractivity contribution in [3.8, 4) is 0 Å². The molecule has 2 aromatic rings. The number of rotatable bonds is 1. The highest BCUT2D eigenvalue weighted by Gasteiger charge is 2.00. The zero-order valence-corrected chi connectivity index (χ0v) is 7.34. The molecule has 0 aliphatic carbocycles. The summed E-state index contributed by atoms with van der Waals surface area (Å²) in [5.74, 6) is 0. The Morgan fingerprint density at radius 1 is 1.54 bits per heavy atom. The molecule has 0 saturated heterocycles. The molecule has 0 bridgehead atoms. The lowest BCUT2D eigenvalue weighted by molar-refractivity contribution is 0.210. The van der Waals surface area contributed by atoms with Crippen LogP contribution in [0.2, 0.25) is 0 Å². The van der Waals surface area contributed by atoms with E-state index in [-0.39, 0.29) is 0 Å². The summed E-state index contributed by atoms with van der Waals surface area (Å²) in [4.78, 5) is 14.4. The van der Waals surface area contributed by atoms with Gasteiger partial charge in [-0.1, -0.05) is 0 Å². The van der Waals surface area contributed by atoms with Crippen LogP contribution in [0.25, 0.3) is 10.2 Å². The van der Waals surface area contributed by atoms with Gasteiger partial charge in [0.05, 0.1) is 15.7 Å². The minimum atomic E-state index is -1.05. The Morgan fingerprint density at radius 3 is 3.15 bits per heavy atom. The second-order valence-corrected chi connectivity index (χ2v) is 3.35. The minimum absolute atomic E-state index is 0.573. The number of nitrogens with zero attached hydrogens (tertiary/aromatic N) is 1. The molecule has 0 aliphatic rings. The van der Waals surface area contributed by atoms with Crippen molar-refractivity contribution >= 4 is 33.3 Å². The summed E-state index contributed by atoms with van der Waals surface area (Å²) < 4.78 is 0.978. The summed E-state index contributed by atoms with van der Waals surface area (Å²) in [5.41, 5.74) is 3.19. The van der Waals surface area contributed by atoms with Gasteiger partial charge in [-0.15, -0.1) is 11.3 Å². The van der Waals surface area contributed by atoms with Crippen molar-refractivity contribution in [2.75, 3.05) is 5.32 Å². The number of carboxylic acid groups (broad SMARTS) is 1. The molecular weight excluding hydrogens is 188 g/mol. The number of hydrogen-bond donors (Lipinski definition) is 2. The van der Waals surface area contributed by atoms with E-state index in [1.165, 1.54) is 11.3 Å². The van der Waals surface area contributed by atoms with Crippen molar-refractivity contribution in [2.24, 2.45) is 0 Å². The fourth-order valence-electron chi connectivity index (χ4n) is 1.06. The van der Waals surface area contributed by atoms with Gasteiger partial charge in [0.2, 0.25) is 0 Å². The van der Waals surface area contributed by atoms with Crippen LogP contribution in [-0.4, -0.2) is 16.2 Å². The first-order valence-electron chi connectivity index (χ1n) is 3.59. The van der Waals surface area contributed by atoms with E-state index < -0.39 is 6.09 Å². The van der Waals surface area contributed by atoms with E-state index in [1.807, 2.05) is 0 Å². The van der Waals surface area contributed by atoms with Crippen LogP contribution in [0.3, 0.4) is 0 Å². The molecule has 0 radical (unpaired) electrons. The van der Waals surface area contributed by atoms with E-state index in [0.29, 0.717) is 5.69 Å². The third kappa shape index (κ3) is 1.59. The number of thiazole rings is 1. The Kier molecular flexibility index (Phi) is 1.86. The molecule has 0 atom stereocenters. The van der Waals surface area contributed by atoms with Gasteiger partial charge in [-0.2, -0.15) is 0 Å². The number of fused-ring (bicyclic) bond motifs is 1. The van der Waals surface area contributed by atoms with Gasteiger partial charge >= 0.3 is 6.09 Å². The molecule has 0 spiro atoms. The lowest BCUT2D eigenvalue weighted by atomic mass is 10.3. The maximum Gasteiger partial charge on any atom is 0.409 e. The molecule has 2 N–H and O–H groups in total. The molecule has 66 valence electrons. The highest BCUT2D eigenvalue weighted by atomic mass is 32.1. The van der Waals surface area contributed by atoms with Gasteiger partial charge in [-0.25, -0.2) is 9.78 Å². The summed E-state index contributed by atoms with van der Waals surface area (Å²) in [6, 6.07) is 5.24. The molecule has 1 aromatic carbocycles. The number of hydrogen-bond acceptors (Lipinski definition) is 3. The van der Waals surface area contributed by atoms with Crippen LogP contribution in [0.5, 0.6) is 0 Å². The number of aromatic nitrogens is 1. The van der Waals surface area contributed by atoms with E-state index >= 15 is 0 Å². The second kappa shape index (κ2) is 3.02. The maximum atomic E-state index is 10.3. The van der Waals surface area contributed by atoms with Gasteiger partial charge in [0.15, 0.2) is 0 Å². The highest BCUT2D eigenvalue weighted by Crippen LogP contribution is 2.21. The fraction of sp³-hybridized carbons (Fsp3) is 0. The molecule has 1 heterocycles. The Labute approximate surface area is 77.8 Å². The lowest BCUT2D eigenvalue weighted by Gasteiger charge is -1.98. The van der Waals surface area contributed by atoms with Crippen molar-refractivity contribution in [1.82, 2.24) is 4.98 Å². The number of carbonyl (C=O) groups is 1. The Balaban J connectivity index is 2.42. The quantitative estimate of drug-likeness (QED) is 0.732. The van der Waals surface area contributed by atoms with Crippen molar-refractivity contribution in [2.45, 2.75) is 0 Å². The van der Waals surface area contributed by atoms with Gasteiger partial charge < -0.3 is 5.11 Å². The van der Waals surface area contributed by atoms with E-state index in [4.69, 9.17) is 5.11 Å². The van der Waals surface area contributed by atoms with E-state index in [2.05, 4.69) is 10.3 Å². The van der Waals surface area contributed by atoms with Crippen LogP contribution >= 0.6 is 11.3 Å². The second-order valence-electron chi connectivity index (χ2n) is 2.47. The zero-order chi connectivity index (χ0) is 9.26. The molecule has 2 rings (SSSR count). The first-order valence-corrected chi connectivity index (χ1v) is 4.47. The smallest absolute Gasteiger partial charge is 0.409 e. The number of nitrogens with one attached hydrogen (secondary N) is 1. The summed E-state index contributed by atoms with van der Waals surface area (Å²) in [6.07, 6.45) is -1.05. The number of benzene rings is 1. The third-order valence-corrected chi connectivity index (χ3v) is 2.37. The molecule has 0 saturated carbocycles. The van der Waals surface area contributed by atoms with E-state index in [1.54, 1.807) is 23.7 Å². The van der Waals surface area contributed by atoms with Crippen LogP contribution < -0.4 is 5.32 Å². The average molecular weight is 194 g/mol. The van der Waals surface area contributed by atoms with Gasteiger partial charge in [-0.05, 0) is 18.2 Å². The molecule has 0 fully saturated rings. The van der Waals surface area contributed by atoms with Crippen molar-refractivity contribution in [3.63, 3.8) is 0 Å². The van der Waals surface area contributed by atoms with E-state index in [9.17, 15) is 4.79 Å². The van der Waals surface area contributed by atoms with Crippen LogP contribution in [0.15, 0.2) is 23.7 Å². The molecule has 0 aliphatic heterocycles. The van der Waals surface area contributed by atoms with Crippen LogP contribution in [0.4, 0.5) is 10.5 Å². The lowest BCUT2D eigenvalue weighted by Crippen LogP contribution is -2.06. The largest absolute Gasteiger partial charge is 0.465 e. The van der Waals surface area contributed by atoms with Crippen molar-refractivity contribution in [3.05, 3.63) is 23.7 Å². The van der Waals surface area contributed by atoms with Gasteiger partial charge in [0.25, 0.3) is 0 Å². The molecule has 1 aromatic heterocycles. The molecule has 0 unspecified atom stereocenters. The number of anilines is 1. The first kappa shape index (κ1) is 8.00. The molecule has 5 heteroatoms. The van der Waals surface area contributed by atoms with E-state index in [0.717, 1.165) is 10.2 Å². The molecule has 1 amide bonds. The Morgan fingerprint density at radius 2 is 2.38 bits per heavy atom. The standard InChI is InChI=1S/C8H6N2O2S/c11-8(12)10-5-1-2-6-7(3-5)13-4-9-6/h1-4,10H,(H,11,12). The third-order valence-electron chi connectivity index (χ3n) is 1.58. The SMILES string of the molecule is O=C(O)Nc1ccc2ncsc2c1. The van der Waals surface area contributed by atoms with Gasteiger partial charge in [-0.3, -0.25) is 5.32 Å². The Bertz CT molecular complexity index is 452. The molecule has 13 heavy (non-hydrogen) atoms. The maximum absolute atomic E-state index is 10.3. The van der Waals surface area contributed by atoms with Crippen molar-refractivity contribution < 1.29 is 9.90 Å². The zero-order valence-electron chi connectivity index (χ0n) is 6.52. The number of amides is 1. The molecule has 4 nitrogen and oxygen atoms in total. The van der Waals surface area contributed by atoms with Gasteiger partial charge in [0, 0.05) is 5.69 Å². The highest BCUT2D eigenvalue weighted by molar-refractivity contribution is 7.16. The molecular formula is C8H6N2O2S. The monoisotopic (exact) mass is 194 g/mol. The van der Waals surface area contributed by atoms with Crippen LogP contribution in [0, 0.1) is 0 Å². The van der Waals surface area contributed by atoms with Crippen LogP contribution in [0.1, 0.15) is 0 Å². The first-order chi connectivity index (χ1) is 6.25. The van der Waals surface area contributed by atoms with Gasteiger partial charge in [0.1, 0.15) is 0 Å². The predicted molar refractivity (Wildman–Crippen MR) is 51.3 cm³/mol. The fourth-order valence-corrected chi connectivity index (χ4v) is 1.77. The normalized spacial score (nSPS) is 10.2. The predicted octanol–water partition coefficient (Wildman–Crippen LogP) is 2.39. The van der Waals surface area contributed by atoms with Crippen molar-refractivity contribution in [1.29, 1.82) is 0 Å². The Hall–Kier alpha value is -1.62. The topological polar surface area (TPSA) is 62.2 Å². The summed E-state index contributed by atoms with van der Waals surface area (Å²) >= 11 is 1.48. The summed E-state index contributed by atoms with van der Waals surface area (Å²) in [7, 11) is 0. The average Bonchev–Trinajstić information content (AvgIpc) is 2.49. The summed E-state index contributed by atoms with van der Waals surface area (Å²) in [6.45, 7) is 0. The van der Waals surface area contributed by atoms with Crippen LogP contribution in [-0.2, 0) is 0 Å². The summed E-state index contributed by atoms with van der Waals surface area (Å²) in [5, 5.41) is 10.7.